The minimum Gasteiger partial charge on any atom is -0.358 e. The Labute approximate surface area is 218 Å². The highest BCUT2D eigenvalue weighted by atomic mass is 35.5. The average Bonchev–Trinajstić information content (AvgIpc) is 3.53. The van der Waals surface area contributed by atoms with Gasteiger partial charge in [0.25, 0.3) is 5.91 Å². The standard InChI is InChI=1S/C29H25ClFN5O/c1-17-10-23-24-14-29(19-4-3-5-20(31)12-19,9-8-26(24)34-27(23)11-18(17)2)35-28(37)22-7-6-21(13-25(22)30)36-15-32-33-16-36/h3-7,10-13,15-16,34H,8-9,14H2,1-2H3,(H,35,37). The number of H-pyrrole nitrogens is 1. The number of carbonyl (C=O) groups is 1. The molecule has 5 aromatic rings. The van der Waals surface area contributed by atoms with E-state index in [1.54, 1.807) is 41.5 Å². The fourth-order valence-corrected chi connectivity index (χ4v) is 5.65. The summed E-state index contributed by atoms with van der Waals surface area (Å²) < 4.78 is 16.1. The highest BCUT2D eigenvalue weighted by Crippen LogP contribution is 2.41. The van der Waals surface area contributed by atoms with Gasteiger partial charge in [-0.3, -0.25) is 9.36 Å². The van der Waals surface area contributed by atoms with E-state index in [2.05, 4.69) is 46.5 Å². The Hall–Kier alpha value is -3.97. The molecule has 186 valence electrons. The number of rotatable bonds is 4. The predicted molar refractivity (Wildman–Crippen MR) is 142 cm³/mol. The first kappa shape index (κ1) is 23.4. The van der Waals surface area contributed by atoms with Crippen LogP contribution in [0.4, 0.5) is 4.39 Å². The molecule has 37 heavy (non-hydrogen) atoms. The van der Waals surface area contributed by atoms with Gasteiger partial charge in [0.15, 0.2) is 0 Å². The van der Waals surface area contributed by atoms with E-state index in [-0.39, 0.29) is 11.7 Å². The first-order valence-electron chi connectivity index (χ1n) is 12.2. The largest absolute Gasteiger partial charge is 0.358 e. The number of amides is 1. The zero-order valence-electron chi connectivity index (χ0n) is 20.5. The molecule has 0 saturated heterocycles. The second-order valence-electron chi connectivity index (χ2n) is 9.82. The normalized spacial score (nSPS) is 17.1. The number of nitrogens with zero attached hydrogens (tertiary/aromatic N) is 3. The molecule has 8 heteroatoms. The first-order chi connectivity index (χ1) is 17.8. The fourth-order valence-electron chi connectivity index (χ4n) is 5.39. The van der Waals surface area contributed by atoms with E-state index in [1.165, 1.54) is 23.3 Å². The molecule has 2 heterocycles. The van der Waals surface area contributed by atoms with Crippen molar-refractivity contribution in [2.75, 3.05) is 0 Å². The number of hydrogen-bond donors (Lipinski definition) is 2. The molecule has 6 nitrogen and oxygen atoms in total. The van der Waals surface area contributed by atoms with Gasteiger partial charge >= 0.3 is 0 Å². The molecule has 0 fully saturated rings. The molecule has 3 aromatic carbocycles. The predicted octanol–water partition coefficient (Wildman–Crippen LogP) is 5.97. The lowest BCUT2D eigenvalue weighted by atomic mass is 9.74. The number of halogens is 2. The van der Waals surface area contributed by atoms with Crippen LogP contribution in [-0.4, -0.2) is 25.7 Å². The fraction of sp³-hybridized carbons (Fsp3) is 0.207. The van der Waals surface area contributed by atoms with E-state index in [1.807, 2.05) is 6.07 Å². The summed E-state index contributed by atoms with van der Waals surface area (Å²) in [5.41, 5.74) is 6.88. The Morgan fingerprint density at radius 1 is 1.08 bits per heavy atom. The number of nitrogens with one attached hydrogen (secondary N) is 2. The lowest BCUT2D eigenvalue weighted by Crippen LogP contribution is -2.49. The molecule has 1 aliphatic rings. The molecule has 0 aliphatic heterocycles. The van der Waals surface area contributed by atoms with Crippen molar-refractivity contribution < 1.29 is 9.18 Å². The van der Waals surface area contributed by atoms with Crippen LogP contribution >= 0.6 is 11.6 Å². The van der Waals surface area contributed by atoms with Crippen LogP contribution in [0.1, 0.15) is 44.7 Å². The molecule has 0 radical (unpaired) electrons. The molecule has 1 atom stereocenters. The Balaban J connectivity index is 1.41. The number of aryl methyl sites for hydroxylation is 3. The molecule has 0 bridgehead atoms. The second-order valence-corrected chi connectivity index (χ2v) is 10.2. The maximum atomic E-state index is 14.4. The van der Waals surface area contributed by atoms with Crippen LogP contribution in [0, 0.1) is 19.7 Å². The van der Waals surface area contributed by atoms with Gasteiger partial charge in [-0.1, -0.05) is 23.7 Å². The summed E-state index contributed by atoms with van der Waals surface area (Å²) in [6.45, 7) is 4.20. The minimum atomic E-state index is -0.795. The van der Waals surface area contributed by atoms with Crippen LogP contribution in [-0.2, 0) is 18.4 Å². The number of fused-ring (bicyclic) bond motifs is 3. The van der Waals surface area contributed by atoms with Crippen LogP contribution in [0.3, 0.4) is 0 Å². The van der Waals surface area contributed by atoms with Gasteiger partial charge in [0.2, 0.25) is 0 Å². The molecule has 6 rings (SSSR count). The van der Waals surface area contributed by atoms with Crippen molar-refractivity contribution in [1.29, 1.82) is 0 Å². The van der Waals surface area contributed by atoms with Crippen molar-refractivity contribution in [2.24, 2.45) is 0 Å². The SMILES string of the molecule is Cc1cc2[nH]c3c(c2cc1C)CC(NC(=O)c1ccc(-n2cnnc2)cc1Cl)(c1cccc(F)c1)CC3. The molecular formula is C29H25ClFN5O. The number of carbonyl (C=O) groups excluding carboxylic acids is 1. The molecule has 2 N–H and O–H groups in total. The topological polar surface area (TPSA) is 75.6 Å². The second kappa shape index (κ2) is 8.85. The van der Waals surface area contributed by atoms with Crippen LogP contribution in [0.15, 0.2) is 67.3 Å². The summed E-state index contributed by atoms with van der Waals surface area (Å²) in [4.78, 5) is 17.3. The Bertz CT molecular complexity index is 1660. The van der Waals surface area contributed by atoms with E-state index in [9.17, 15) is 9.18 Å². The van der Waals surface area contributed by atoms with Gasteiger partial charge in [0.05, 0.1) is 16.1 Å². The van der Waals surface area contributed by atoms with Gasteiger partial charge < -0.3 is 10.3 Å². The lowest BCUT2D eigenvalue weighted by Gasteiger charge is -2.39. The molecule has 0 spiro atoms. The Kier molecular flexibility index (Phi) is 5.60. The summed E-state index contributed by atoms with van der Waals surface area (Å²) in [6.07, 6.45) is 5.01. The highest BCUT2D eigenvalue weighted by Gasteiger charge is 2.40. The third kappa shape index (κ3) is 4.09. The maximum absolute atomic E-state index is 14.4. The minimum absolute atomic E-state index is 0.306. The van der Waals surface area contributed by atoms with Gasteiger partial charge in [0, 0.05) is 28.7 Å². The summed E-state index contributed by atoms with van der Waals surface area (Å²) in [5.74, 6) is -0.640. The van der Waals surface area contributed by atoms with E-state index in [0.29, 0.717) is 23.4 Å². The van der Waals surface area contributed by atoms with E-state index >= 15 is 0 Å². The zero-order valence-corrected chi connectivity index (χ0v) is 21.2. The van der Waals surface area contributed by atoms with Gasteiger partial charge in [-0.15, -0.1) is 10.2 Å². The smallest absolute Gasteiger partial charge is 0.253 e. The van der Waals surface area contributed by atoms with Crippen LogP contribution in [0.25, 0.3) is 16.6 Å². The average molecular weight is 514 g/mol. The van der Waals surface area contributed by atoms with Crippen molar-refractivity contribution >= 4 is 28.4 Å². The van der Waals surface area contributed by atoms with E-state index < -0.39 is 5.54 Å². The van der Waals surface area contributed by atoms with Crippen molar-refractivity contribution in [1.82, 2.24) is 25.1 Å². The molecule has 2 aromatic heterocycles. The molecule has 1 aliphatic carbocycles. The van der Waals surface area contributed by atoms with Gasteiger partial charge in [-0.2, -0.15) is 0 Å². The van der Waals surface area contributed by atoms with Gasteiger partial charge in [-0.05, 0) is 91.4 Å². The van der Waals surface area contributed by atoms with E-state index in [0.717, 1.165) is 39.8 Å². The zero-order chi connectivity index (χ0) is 25.7. The quantitative estimate of drug-likeness (QED) is 0.311. The lowest BCUT2D eigenvalue weighted by molar-refractivity contribution is 0.0885. The number of benzene rings is 3. The first-order valence-corrected chi connectivity index (χ1v) is 12.5. The van der Waals surface area contributed by atoms with Crippen molar-refractivity contribution in [3.8, 4) is 5.69 Å². The number of hydrogen-bond acceptors (Lipinski definition) is 3. The van der Waals surface area contributed by atoms with Crippen molar-refractivity contribution in [2.45, 2.75) is 38.6 Å². The third-order valence-corrected chi connectivity index (χ3v) is 7.85. The van der Waals surface area contributed by atoms with Crippen molar-refractivity contribution in [3.63, 3.8) is 0 Å². The van der Waals surface area contributed by atoms with Gasteiger partial charge in [-0.25, -0.2) is 4.39 Å². The summed E-state index contributed by atoms with van der Waals surface area (Å²) in [6, 6.07) is 16.1. The Morgan fingerprint density at radius 2 is 1.86 bits per heavy atom. The maximum Gasteiger partial charge on any atom is 0.253 e. The molecule has 1 unspecified atom stereocenters. The Morgan fingerprint density at radius 3 is 2.62 bits per heavy atom. The molecule has 0 saturated carbocycles. The molecule has 1 amide bonds. The summed E-state index contributed by atoms with van der Waals surface area (Å²) >= 11 is 6.57. The highest BCUT2D eigenvalue weighted by molar-refractivity contribution is 6.34. The summed E-state index contributed by atoms with van der Waals surface area (Å²) in [5, 5.41) is 12.4. The molecular weight excluding hydrogens is 489 g/mol. The van der Waals surface area contributed by atoms with Gasteiger partial charge in [0.1, 0.15) is 18.5 Å². The number of aromatic amines is 1. The third-order valence-electron chi connectivity index (χ3n) is 7.53. The monoisotopic (exact) mass is 513 g/mol. The van der Waals surface area contributed by atoms with E-state index in [4.69, 9.17) is 11.6 Å². The summed E-state index contributed by atoms with van der Waals surface area (Å²) in [7, 11) is 0. The van der Waals surface area contributed by atoms with Crippen LogP contribution in [0.2, 0.25) is 5.02 Å². The van der Waals surface area contributed by atoms with Crippen LogP contribution in [0.5, 0.6) is 0 Å². The van der Waals surface area contributed by atoms with Crippen LogP contribution < -0.4 is 5.32 Å². The van der Waals surface area contributed by atoms with Crippen molar-refractivity contribution in [3.05, 3.63) is 112 Å². The number of aromatic nitrogens is 4.